The molecule has 9 heteroatoms. The number of hydrogen-bond acceptors (Lipinski definition) is 9. The molecule has 4 heterocycles. The lowest BCUT2D eigenvalue weighted by Gasteiger charge is -2.69. The molecule has 1 aromatic heterocycles. The average Bonchev–Trinajstić information content (AvgIpc) is 3.17. The Balaban J connectivity index is 1.46. The van der Waals surface area contributed by atoms with E-state index in [2.05, 4.69) is 6.92 Å². The van der Waals surface area contributed by atoms with Gasteiger partial charge in [-0.3, -0.25) is 9.59 Å². The quantitative estimate of drug-likeness (QED) is 0.438. The van der Waals surface area contributed by atoms with E-state index in [1.165, 1.54) is 0 Å². The maximum atomic E-state index is 13.9. The molecule has 0 amide bonds. The van der Waals surface area contributed by atoms with Crippen molar-refractivity contribution in [3.63, 3.8) is 0 Å². The second-order valence-corrected chi connectivity index (χ2v) is 14.2. The zero-order valence-electron chi connectivity index (χ0n) is 23.9. The van der Waals surface area contributed by atoms with E-state index in [-0.39, 0.29) is 30.6 Å². The Morgan fingerprint density at radius 1 is 1.18 bits per heavy atom. The predicted molar refractivity (Wildman–Crippen MR) is 138 cm³/mol. The van der Waals surface area contributed by atoms with Crippen LogP contribution in [0, 0.1) is 33.5 Å². The summed E-state index contributed by atoms with van der Waals surface area (Å²) in [7, 11) is 0. The van der Waals surface area contributed by atoms with Crippen LogP contribution in [-0.4, -0.2) is 58.9 Å². The first-order valence-electron chi connectivity index (χ1n) is 14.4. The van der Waals surface area contributed by atoms with E-state index >= 15 is 0 Å². The van der Waals surface area contributed by atoms with Crippen molar-refractivity contribution in [2.45, 2.75) is 96.4 Å². The van der Waals surface area contributed by atoms with E-state index < -0.39 is 69.2 Å². The van der Waals surface area contributed by atoms with E-state index in [1.807, 2.05) is 40.7 Å². The fourth-order valence-electron chi connectivity index (χ4n) is 10.4. The van der Waals surface area contributed by atoms with Gasteiger partial charge in [-0.1, -0.05) is 33.8 Å². The number of aliphatic hydroxyl groups is 1. The second kappa shape index (κ2) is 7.66. The van der Waals surface area contributed by atoms with Gasteiger partial charge in [0, 0.05) is 28.2 Å². The number of carbonyl (C=O) groups is 3. The molecule has 6 aliphatic rings. The predicted octanol–water partition coefficient (Wildman–Crippen LogP) is 3.69. The van der Waals surface area contributed by atoms with E-state index in [0.29, 0.717) is 12.8 Å². The van der Waals surface area contributed by atoms with Crippen LogP contribution in [0.1, 0.15) is 72.5 Å². The molecule has 10 atom stereocenters. The lowest BCUT2D eigenvalue weighted by Crippen LogP contribution is -2.79. The Morgan fingerprint density at radius 2 is 1.93 bits per heavy atom. The first kappa shape index (κ1) is 26.4. The fourth-order valence-corrected chi connectivity index (χ4v) is 10.4. The second-order valence-electron chi connectivity index (χ2n) is 14.2. The maximum Gasteiger partial charge on any atom is 0.339 e. The highest BCUT2D eigenvalue weighted by Gasteiger charge is 2.93. The van der Waals surface area contributed by atoms with Gasteiger partial charge in [0.2, 0.25) is 0 Å². The number of furan rings is 1. The molecule has 3 aliphatic carbocycles. The SMILES string of the molecule is CC(C)CC(=O)OC1C(O)C23C(=O)C=CC2(COC3(C)C)C2CCC3(C)C(c4ccoc4)OC(=O)C4OC43C12C. The highest BCUT2D eigenvalue weighted by atomic mass is 16.7. The highest BCUT2D eigenvalue weighted by Crippen LogP contribution is 2.82. The summed E-state index contributed by atoms with van der Waals surface area (Å²) in [6, 6.07) is 1.79. The maximum absolute atomic E-state index is 13.9. The summed E-state index contributed by atoms with van der Waals surface area (Å²) in [6.45, 7) is 11.8. The molecule has 3 saturated heterocycles. The Hall–Kier alpha value is -2.49. The molecule has 1 spiro atoms. The van der Waals surface area contributed by atoms with Crippen LogP contribution in [0.4, 0.5) is 0 Å². The molecular weight excluding hydrogens is 516 g/mol. The topological polar surface area (TPSA) is 125 Å². The lowest BCUT2D eigenvalue weighted by atomic mass is 9.34. The molecule has 0 aromatic carbocycles. The molecule has 2 saturated carbocycles. The third kappa shape index (κ3) is 2.56. The molecule has 3 aliphatic heterocycles. The van der Waals surface area contributed by atoms with Crippen molar-refractivity contribution >= 4 is 17.7 Å². The van der Waals surface area contributed by atoms with Gasteiger partial charge >= 0.3 is 11.9 Å². The van der Waals surface area contributed by atoms with Gasteiger partial charge < -0.3 is 28.5 Å². The van der Waals surface area contributed by atoms with Gasteiger partial charge in [-0.25, -0.2) is 4.79 Å². The number of epoxide rings is 1. The van der Waals surface area contributed by atoms with E-state index in [4.69, 9.17) is 23.4 Å². The fraction of sp³-hybridized carbons (Fsp3) is 0.710. The zero-order valence-corrected chi connectivity index (χ0v) is 23.9. The Kier molecular flexibility index (Phi) is 5.06. The van der Waals surface area contributed by atoms with E-state index in [1.54, 1.807) is 24.7 Å². The van der Waals surface area contributed by atoms with Crippen LogP contribution in [0.5, 0.6) is 0 Å². The largest absolute Gasteiger partial charge is 0.472 e. The highest BCUT2D eigenvalue weighted by molar-refractivity contribution is 6.01. The number of fused-ring (bicyclic) bond motifs is 1. The molecule has 9 nitrogen and oxygen atoms in total. The molecule has 1 N–H and O–H groups in total. The van der Waals surface area contributed by atoms with E-state index in [9.17, 15) is 19.5 Å². The molecule has 5 fully saturated rings. The summed E-state index contributed by atoms with van der Waals surface area (Å²) in [5.74, 6) is -1.41. The third-order valence-electron chi connectivity index (χ3n) is 11.9. The van der Waals surface area contributed by atoms with Crippen molar-refractivity contribution in [2.75, 3.05) is 6.61 Å². The van der Waals surface area contributed by atoms with Gasteiger partial charge in [-0.2, -0.15) is 0 Å². The van der Waals surface area contributed by atoms with Crippen molar-refractivity contribution in [3.05, 3.63) is 36.3 Å². The Bertz CT molecular complexity index is 1330. The van der Waals surface area contributed by atoms with Crippen LogP contribution < -0.4 is 0 Å². The number of rotatable bonds is 4. The zero-order chi connectivity index (χ0) is 28.7. The minimum atomic E-state index is -1.39. The van der Waals surface area contributed by atoms with Crippen LogP contribution in [-0.2, 0) is 33.3 Å². The number of ketones is 1. The van der Waals surface area contributed by atoms with Gasteiger partial charge in [-0.05, 0) is 50.7 Å². The molecule has 7 rings (SSSR count). The molecule has 1 aromatic rings. The first-order chi connectivity index (χ1) is 18.7. The summed E-state index contributed by atoms with van der Waals surface area (Å²) in [5.41, 5.74) is -5.39. The molecule has 0 bridgehead atoms. The summed E-state index contributed by atoms with van der Waals surface area (Å²) >= 11 is 0. The minimum Gasteiger partial charge on any atom is -0.472 e. The normalized spacial score (nSPS) is 49.5. The molecule has 216 valence electrons. The number of esters is 2. The monoisotopic (exact) mass is 554 g/mol. The Morgan fingerprint density at radius 3 is 2.60 bits per heavy atom. The van der Waals surface area contributed by atoms with Crippen molar-refractivity contribution in [2.24, 2.45) is 33.5 Å². The number of allylic oxidation sites excluding steroid dienone is 1. The Labute approximate surface area is 233 Å². The summed E-state index contributed by atoms with van der Waals surface area (Å²) in [4.78, 5) is 40.8. The van der Waals surface area contributed by atoms with Crippen LogP contribution in [0.25, 0.3) is 0 Å². The summed E-state index contributed by atoms with van der Waals surface area (Å²) in [5, 5.41) is 12.5. The average molecular weight is 555 g/mol. The third-order valence-corrected chi connectivity index (χ3v) is 11.9. The van der Waals surface area contributed by atoms with Gasteiger partial charge in [0.05, 0.1) is 24.7 Å². The van der Waals surface area contributed by atoms with Gasteiger partial charge in [0.1, 0.15) is 29.3 Å². The molecule has 0 radical (unpaired) electrons. The first-order valence-corrected chi connectivity index (χ1v) is 14.4. The van der Waals surface area contributed by atoms with Gasteiger partial charge in [0.25, 0.3) is 0 Å². The number of hydrogen-bond donors (Lipinski definition) is 1. The van der Waals surface area contributed by atoms with Crippen molar-refractivity contribution in [1.82, 2.24) is 0 Å². The van der Waals surface area contributed by atoms with Crippen LogP contribution in [0.2, 0.25) is 0 Å². The van der Waals surface area contributed by atoms with Crippen LogP contribution >= 0.6 is 0 Å². The van der Waals surface area contributed by atoms with Crippen LogP contribution in [0.15, 0.2) is 35.2 Å². The number of cyclic esters (lactones) is 1. The standard InChI is InChI=1S/C31H38O9/c1-16(2)13-20(33)38-23-21(34)30-19(32)8-11-29(30,15-37-26(30,3)4)18-7-10-27(5)22(17-9-12-36-14-17)39-25(35)24-31(27,40-24)28(18,23)6/h8-9,11-12,14,16,18,21-24,34H,7,10,13,15H2,1-6H3. The van der Waals surface area contributed by atoms with Gasteiger partial charge in [-0.15, -0.1) is 0 Å². The minimum absolute atomic E-state index is 0.0324. The van der Waals surface area contributed by atoms with Crippen molar-refractivity contribution in [3.8, 4) is 0 Å². The number of ether oxygens (including phenoxy) is 4. The number of aliphatic hydroxyl groups excluding tert-OH is 1. The summed E-state index contributed by atoms with van der Waals surface area (Å²) in [6.07, 6.45) is 3.98. The van der Waals surface area contributed by atoms with Gasteiger partial charge in [0.15, 0.2) is 11.9 Å². The smallest absolute Gasteiger partial charge is 0.339 e. The number of carbonyl (C=O) groups excluding carboxylic acids is 3. The molecular formula is C31H38O9. The van der Waals surface area contributed by atoms with Crippen molar-refractivity contribution < 1.29 is 42.9 Å². The molecule has 40 heavy (non-hydrogen) atoms. The van der Waals surface area contributed by atoms with E-state index in [0.717, 1.165) is 5.56 Å². The summed E-state index contributed by atoms with van der Waals surface area (Å²) < 4.78 is 30.6. The van der Waals surface area contributed by atoms with Crippen molar-refractivity contribution in [1.29, 1.82) is 0 Å². The lowest BCUT2D eigenvalue weighted by molar-refractivity contribution is -0.288. The molecule has 10 unspecified atom stereocenters. The van der Waals surface area contributed by atoms with Crippen LogP contribution in [0.3, 0.4) is 0 Å².